The lowest BCUT2D eigenvalue weighted by Crippen LogP contribution is -2.36. The summed E-state index contributed by atoms with van der Waals surface area (Å²) in [7, 11) is 1.73. The summed E-state index contributed by atoms with van der Waals surface area (Å²) in [4.78, 5) is 23.6. The molecule has 7 heteroatoms. The molecule has 0 heterocycles. The summed E-state index contributed by atoms with van der Waals surface area (Å²) < 4.78 is 0. The smallest absolute Gasteiger partial charge is 0.275 e. The number of hydrogen-bond acceptors (Lipinski definition) is 5. The first kappa shape index (κ1) is 14.3. The number of likely N-dealkylation sites (N-methyl/N-ethyl adjacent to an activating group) is 1. The molecule has 1 aromatic carbocycles. The van der Waals surface area contributed by atoms with Crippen LogP contribution >= 0.6 is 0 Å². The molecule has 2 rings (SSSR count). The largest absolute Gasteiger partial charge is 0.391 e. The Morgan fingerprint density at radius 2 is 2.25 bits per heavy atom. The number of anilines is 1. The number of nitro benzene ring substituents is 1. The molecular weight excluding hydrogens is 262 g/mol. The molecule has 2 N–H and O–H groups in total. The first-order chi connectivity index (χ1) is 9.51. The van der Waals surface area contributed by atoms with Crippen molar-refractivity contribution in [2.45, 2.75) is 25.5 Å². The van der Waals surface area contributed by atoms with E-state index in [0.29, 0.717) is 11.7 Å². The summed E-state index contributed by atoms with van der Waals surface area (Å²) >= 11 is 0. The highest BCUT2D eigenvalue weighted by Gasteiger charge is 2.23. The number of carbonyl (C=O) groups is 1. The van der Waals surface area contributed by atoms with Gasteiger partial charge in [0, 0.05) is 24.8 Å². The summed E-state index contributed by atoms with van der Waals surface area (Å²) in [5.74, 6) is -0.0705. The van der Waals surface area contributed by atoms with Crippen LogP contribution in [0.25, 0.3) is 0 Å². The number of carbonyl (C=O) groups excluding carboxylic acids is 1. The fraction of sp³-hybridized carbons (Fsp3) is 0.462. The van der Waals surface area contributed by atoms with Crippen molar-refractivity contribution in [3.8, 4) is 0 Å². The van der Waals surface area contributed by atoms with Crippen LogP contribution in [0.5, 0.6) is 0 Å². The van der Waals surface area contributed by atoms with Crippen LogP contribution in [0.2, 0.25) is 0 Å². The Hall–Kier alpha value is -2.15. The molecule has 1 aliphatic carbocycles. The number of amides is 1. The van der Waals surface area contributed by atoms with Gasteiger partial charge in [0.15, 0.2) is 0 Å². The van der Waals surface area contributed by atoms with Gasteiger partial charge in [0.25, 0.3) is 5.69 Å². The van der Waals surface area contributed by atoms with E-state index in [9.17, 15) is 20.0 Å². The number of benzene rings is 1. The summed E-state index contributed by atoms with van der Waals surface area (Å²) in [5, 5.41) is 22.8. The van der Waals surface area contributed by atoms with Gasteiger partial charge in [0.05, 0.1) is 23.6 Å². The molecule has 1 amide bonds. The monoisotopic (exact) mass is 279 g/mol. The minimum absolute atomic E-state index is 0.0705. The summed E-state index contributed by atoms with van der Waals surface area (Å²) in [5.41, 5.74) is 0.777. The lowest BCUT2D eigenvalue weighted by Gasteiger charge is -2.19. The predicted molar refractivity (Wildman–Crippen MR) is 73.5 cm³/mol. The Balaban J connectivity index is 2.06. The van der Waals surface area contributed by atoms with Gasteiger partial charge in [-0.25, -0.2) is 0 Å². The second-order valence-electron chi connectivity index (χ2n) is 4.93. The van der Waals surface area contributed by atoms with Gasteiger partial charge in [0.1, 0.15) is 0 Å². The average molecular weight is 279 g/mol. The molecule has 7 nitrogen and oxygen atoms in total. The van der Waals surface area contributed by atoms with Crippen LogP contribution in [0, 0.1) is 10.1 Å². The van der Waals surface area contributed by atoms with Crippen LogP contribution < -0.4 is 10.2 Å². The first-order valence-corrected chi connectivity index (χ1v) is 6.40. The minimum atomic E-state index is -0.533. The van der Waals surface area contributed by atoms with E-state index in [1.165, 1.54) is 12.1 Å². The van der Waals surface area contributed by atoms with Crippen molar-refractivity contribution < 1.29 is 14.8 Å². The molecule has 20 heavy (non-hydrogen) atoms. The molecule has 108 valence electrons. The number of hydrogen-bond donors (Lipinski definition) is 2. The predicted octanol–water partition coefficient (Wildman–Crippen LogP) is 0.802. The number of nitrogens with zero attached hydrogens (tertiary/aromatic N) is 2. The van der Waals surface area contributed by atoms with E-state index in [1.54, 1.807) is 18.0 Å². The van der Waals surface area contributed by atoms with Crippen molar-refractivity contribution in [1.82, 2.24) is 5.32 Å². The van der Waals surface area contributed by atoms with E-state index in [-0.39, 0.29) is 23.7 Å². The maximum atomic E-state index is 11.7. The third-order valence-corrected chi connectivity index (χ3v) is 3.19. The van der Waals surface area contributed by atoms with E-state index in [2.05, 4.69) is 5.32 Å². The molecule has 0 radical (unpaired) electrons. The highest BCUT2D eigenvalue weighted by Crippen LogP contribution is 2.24. The summed E-state index contributed by atoms with van der Waals surface area (Å²) in [6.07, 6.45) is 2.06. The minimum Gasteiger partial charge on any atom is -0.391 e. The Morgan fingerprint density at radius 3 is 2.80 bits per heavy atom. The number of nitrogens with one attached hydrogen (secondary N) is 1. The molecule has 1 aliphatic rings. The van der Waals surface area contributed by atoms with Crippen molar-refractivity contribution in [3.05, 3.63) is 33.9 Å². The quantitative estimate of drug-likeness (QED) is 0.593. The van der Waals surface area contributed by atoms with Gasteiger partial charge in [-0.1, -0.05) is 0 Å². The molecule has 0 spiro atoms. The second-order valence-corrected chi connectivity index (χ2v) is 4.93. The van der Waals surface area contributed by atoms with Gasteiger partial charge in [-0.2, -0.15) is 0 Å². The molecule has 0 aliphatic heterocycles. The standard InChI is InChI=1S/C13H17N3O4/c1-15(7-13(18)14-10-2-3-10)11-4-5-12(16(19)20)9(6-11)8-17/h4-6,10,17H,2-3,7-8H2,1H3,(H,14,18). The Labute approximate surface area is 116 Å². The third-order valence-electron chi connectivity index (χ3n) is 3.19. The lowest BCUT2D eigenvalue weighted by molar-refractivity contribution is -0.385. The topological polar surface area (TPSA) is 95.7 Å². The van der Waals surface area contributed by atoms with E-state index in [0.717, 1.165) is 12.8 Å². The average Bonchev–Trinajstić information content (AvgIpc) is 3.21. The van der Waals surface area contributed by atoms with Crippen molar-refractivity contribution in [1.29, 1.82) is 0 Å². The molecule has 1 saturated carbocycles. The van der Waals surface area contributed by atoms with Gasteiger partial charge in [-0.15, -0.1) is 0 Å². The highest BCUT2D eigenvalue weighted by atomic mass is 16.6. The van der Waals surface area contributed by atoms with E-state index in [4.69, 9.17) is 0 Å². The van der Waals surface area contributed by atoms with Crippen molar-refractivity contribution in [2.75, 3.05) is 18.5 Å². The molecule has 0 unspecified atom stereocenters. The van der Waals surface area contributed by atoms with Crippen molar-refractivity contribution in [3.63, 3.8) is 0 Å². The van der Waals surface area contributed by atoms with E-state index < -0.39 is 11.5 Å². The van der Waals surface area contributed by atoms with Crippen LogP contribution in [0.15, 0.2) is 18.2 Å². The Bertz CT molecular complexity index is 528. The molecule has 0 atom stereocenters. The van der Waals surface area contributed by atoms with Crippen LogP contribution in [0.1, 0.15) is 18.4 Å². The number of rotatable bonds is 6. The van der Waals surface area contributed by atoms with Crippen LogP contribution in [-0.4, -0.2) is 35.6 Å². The Morgan fingerprint density at radius 1 is 1.55 bits per heavy atom. The van der Waals surface area contributed by atoms with Gasteiger partial charge >= 0.3 is 0 Å². The lowest BCUT2D eigenvalue weighted by atomic mass is 10.1. The number of aliphatic hydroxyl groups is 1. The number of nitro groups is 1. The Kier molecular flexibility index (Phi) is 4.19. The number of aliphatic hydroxyl groups excluding tert-OH is 1. The van der Waals surface area contributed by atoms with E-state index in [1.807, 2.05) is 0 Å². The maximum absolute atomic E-state index is 11.7. The fourth-order valence-corrected chi connectivity index (χ4v) is 1.92. The highest BCUT2D eigenvalue weighted by molar-refractivity contribution is 5.81. The zero-order chi connectivity index (χ0) is 14.7. The molecule has 0 bridgehead atoms. The van der Waals surface area contributed by atoms with Crippen LogP contribution in [0.3, 0.4) is 0 Å². The SMILES string of the molecule is CN(CC(=O)NC1CC1)c1ccc([N+](=O)[O-])c(CO)c1. The summed E-state index contributed by atoms with van der Waals surface area (Å²) in [6, 6.07) is 4.75. The van der Waals surface area contributed by atoms with Crippen molar-refractivity contribution >= 4 is 17.3 Å². The van der Waals surface area contributed by atoms with Gasteiger partial charge in [-0.05, 0) is 25.0 Å². The van der Waals surface area contributed by atoms with Crippen LogP contribution in [-0.2, 0) is 11.4 Å². The summed E-state index contributed by atoms with van der Waals surface area (Å²) in [6.45, 7) is -0.231. The van der Waals surface area contributed by atoms with E-state index >= 15 is 0 Å². The molecule has 1 fully saturated rings. The first-order valence-electron chi connectivity index (χ1n) is 6.40. The molecule has 0 saturated heterocycles. The van der Waals surface area contributed by atoms with Crippen LogP contribution in [0.4, 0.5) is 11.4 Å². The molecular formula is C13H17N3O4. The molecule has 0 aromatic heterocycles. The van der Waals surface area contributed by atoms with Gasteiger partial charge in [-0.3, -0.25) is 14.9 Å². The zero-order valence-corrected chi connectivity index (χ0v) is 11.2. The van der Waals surface area contributed by atoms with Crippen molar-refractivity contribution in [2.24, 2.45) is 0 Å². The molecule has 1 aromatic rings. The normalized spacial score (nSPS) is 13.9. The van der Waals surface area contributed by atoms with Gasteiger partial charge in [0.2, 0.25) is 5.91 Å². The third kappa shape index (κ3) is 3.45. The fourth-order valence-electron chi connectivity index (χ4n) is 1.92. The second kappa shape index (κ2) is 5.87. The zero-order valence-electron chi connectivity index (χ0n) is 11.2. The maximum Gasteiger partial charge on any atom is 0.275 e. The van der Waals surface area contributed by atoms with Gasteiger partial charge < -0.3 is 15.3 Å².